The van der Waals surface area contributed by atoms with E-state index < -0.39 is 0 Å². The topological polar surface area (TPSA) is 126 Å². The van der Waals surface area contributed by atoms with Crippen LogP contribution < -0.4 is 10.9 Å². The summed E-state index contributed by atoms with van der Waals surface area (Å²) in [5, 5.41) is 27.5. The number of aromatic amines is 1. The van der Waals surface area contributed by atoms with Crippen LogP contribution in [0.2, 0.25) is 0 Å². The number of H-pyrrole nitrogens is 1. The molecule has 0 bridgehead atoms. The molecule has 2 aromatic heterocycles. The summed E-state index contributed by atoms with van der Waals surface area (Å²) in [5.41, 5.74) is -0.104. The van der Waals surface area contributed by atoms with Gasteiger partial charge in [0.1, 0.15) is 12.4 Å². The van der Waals surface area contributed by atoms with E-state index in [1.165, 1.54) is 0 Å². The Labute approximate surface area is 148 Å². The molecule has 0 saturated heterocycles. The van der Waals surface area contributed by atoms with Crippen LogP contribution in [0.3, 0.4) is 0 Å². The van der Waals surface area contributed by atoms with Gasteiger partial charge in [-0.25, -0.2) is 5.10 Å². The zero-order valence-electron chi connectivity index (χ0n) is 14.1. The Kier molecular flexibility index (Phi) is 4.00. The summed E-state index contributed by atoms with van der Waals surface area (Å²) in [7, 11) is 1.82. The molecule has 3 aromatic rings. The van der Waals surface area contributed by atoms with Crippen molar-refractivity contribution in [2.75, 3.05) is 0 Å². The van der Waals surface area contributed by atoms with E-state index in [1.54, 1.807) is 28.8 Å². The van der Waals surface area contributed by atoms with Gasteiger partial charge < -0.3 is 15.0 Å². The summed E-state index contributed by atoms with van der Waals surface area (Å²) in [6.07, 6.45) is 1.48. The van der Waals surface area contributed by atoms with E-state index in [9.17, 15) is 14.7 Å². The van der Waals surface area contributed by atoms with Crippen molar-refractivity contribution in [2.24, 2.45) is 7.05 Å². The van der Waals surface area contributed by atoms with Crippen molar-refractivity contribution in [3.8, 4) is 0 Å². The number of carbonyl (C=O) groups excluding carboxylic acids is 1. The zero-order chi connectivity index (χ0) is 18.3. The summed E-state index contributed by atoms with van der Waals surface area (Å²) < 4.78 is 1.79. The van der Waals surface area contributed by atoms with Gasteiger partial charge in [0, 0.05) is 24.4 Å². The molecule has 9 nitrogen and oxygen atoms in total. The number of nitrogens with zero attached hydrogens (tertiary/aromatic N) is 4. The molecule has 2 heterocycles. The summed E-state index contributed by atoms with van der Waals surface area (Å²) >= 11 is 0. The van der Waals surface area contributed by atoms with Gasteiger partial charge in [-0.3, -0.25) is 9.59 Å². The Morgan fingerprint density at radius 3 is 2.73 bits per heavy atom. The normalized spacial score (nSPS) is 19.3. The minimum absolute atomic E-state index is 0.00858. The molecule has 1 amide bonds. The highest BCUT2D eigenvalue weighted by Gasteiger charge is 2.35. The first-order valence-electron chi connectivity index (χ1n) is 8.35. The van der Waals surface area contributed by atoms with Crippen molar-refractivity contribution in [1.29, 1.82) is 0 Å². The van der Waals surface area contributed by atoms with E-state index in [4.69, 9.17) is 0 Å². The average Bonchev–Trinajstić information content (AvgIpc) is 2.98. The van der Waals surface area contributed by atoms with Crippen LogP contribution in [0, 0.1) is 0 Å². The molecule has 26 heavy (non-hydrogen) atoms. The smallest absolute Gasteiger partial charge is 0.272 e. The molecule has 0 aliphatic heterocycles. The molecule has 1 aliphatic carbocycles. The van der Waals surface area contributed by atoms with Crippen molar-refractivity contribution in [3.05, 3.63) is 52.0 Å². The monoisotopic (exact) mass is 354 g/mol. The standard InChI is InChI=1S/C17H18N6O3/c1-23-13(8-24)19-21-15(23)9-6-10(7-9)18-17(26)14-11-4-2-3-5-12(11)16(25)22-20-14/h2-5,9-10,24H,6-8H2,1H3,(H,18,26)(H,22,25). The van der Waals surface area contributed by atoms with Crippen LogP contribution >= 0.6 is 0 Å². The van der Waals surface area contributed by atoms with Crippen molar-refractivity contribution in [3.63, 3.8) is 0 Å². The fraction of sp³-hybridized carbons (Fsp3) is 0.353. The molecule has 1 aromatic carbocycles. The molecule has 1 saturated carbocycles. The Morgan fingerprint density at radius 1 is 1.31 bits per heavy atom. The minimum Gasteiger partial charge on any atom is -0.388 e. The largest absolute Gasteiger partial charge is 0.388 e. The van der Waals surface area contributed by atoms with Crippen molar-refractivity contribution in [2.45, 2.75) is 31.4 Å². The van der Waals surface area contributed by atoms with E-state index in [-0.39, 0.29) is 35.7 Å². The van der Waals surface area contributed by atoms with Gasteiger partial charge in [-0.05, 0) is 18.9 Å². The van der Waals surface area contributed by atoms with Crippen LogP contribution in [0.4, 0.5) is 0 Å². The lowest BCUT2D eigenvalue weighted by atomic mass is 9.79. The lowest BCUT2D eigenvalue weighted by Gasteiger charge is -2.34. The lowest BCUT2D eigenvalue weighted by Crippen LogP contribution is -2.44. The average molecular weight is 354 g/mol. The van der Waals surface area contributed by atoms with Gasteiger partial charge in [0.2, 0.25) is 0 Å². The molecule has 134 valence electrons. The third kappa shape index (κ3) is 2.66. The second-order valence-corrected chi connectivity index (χ2v) is 6.48. The van der Waals surface area contributed by atoms with Crippen molar-refractivity contribution >= 4 is 16.7 Å². The first-order chi connectivity index (χ1) is 12.6. The summed E-state index contributed by atoms with van der Waals surface area (Å²) in [5.74, 6) is 1.22. The molecular weight excluding hydrogens is 336 g/mol. The third-order valence-electron chi connectivity index (χ3n) is 4.89. The highest BCUT2D eigenvalue weighted by molar-refractivity contribution is 6.04. The molecule has 1 aliphatic rings. The molecule has 4 rings (SSSR count). The molecule has 0 radical (unpaired) electrons. The fourth-order valence-corrected chi connectivity index (χ4v) is 3.36. The maximum absolute atomic E-state index is 12.6. The maximum atomic E-state index is 12.6. The Balaban J connectivity index is 1.47. The van der Waals surface area contributed by atoms with Crippen LogP contribution in [-0.4, -0.2) is 42.0 Å². The minimum atomic E-state index is -0.317. The number of hydrogen-bond acceptors (Lipinski definition) is 6. The van der Waals surface area contributed by atoms with Gasteiger partial charge in [-0.2, -0.15) is 5.10 Å². The Morgan fingerprint density at radius 2 is 2.04 bits per heavy atom. The quantitative estimate of drug-likeness (QED) is 0.615. The SMILES string of the molecule is Cn1c(CO)nnc1C1CC(NC(=O)c2n[nH]c(=O)c3ccccc23)C1. The fourth-order valence-electron chi connectivity index (χ4n) is 3.36. The molecule has 0 unspecified atom stereocenters. The summed E-state index contributed by atoms with van der Waals surface area (Å²) in [6, 6.07) is 6.91. The number of nitrogens with one attached hydrogen (secondary N) is 2. The van der Waals surface area contributed by atoms with E-state index in [0.717, 1.165) is 18.7 Å². The van der Waals surface area contributed by atoms with Crippen LogP contribution in [0.1, 0.15) is 40.9 Å². The van der Waals surface area contributed by atoms with Gasteiger partial charge in [-0.1, -0.05) is 18.2 Å². The van der Waals surface area contributed by atoms with Gasteiger partial charge in [0.25, 0.3) is 11.5 Å². The van der Waals surface area contributed by atoms with Gasteiger partial charge in [0.15, 0.2) is 11.5 Å². The van der Waals surface area contributed by atoms with Crippen molar-refractivity contribution < 1.29 is 9.90 Å². The Hall–Kier alpha value is -3.07. The number of rotatable bonds is 4. The number of fused-ring (bicyclic) bond motifs is 1. The van der Waals surface area contributed by atoms with Crippen LogP contribution in [0.25, 0.3) is 10.8 Å². The van der Waals surface area contributed by atoms with E-state index in [0.29, 0.717) is 16.6 Å². The van der Waals surface area contributed by atoms with Crippen LogP contribution in [0.15, 0.2) is 29.1 Å². The van der Waals surface area contributed by atoms with E-state index >= 15 is 0 Å². The molecule has 9 heteroatoms. The Bertz CT molecular complexity index is 1030. The van der Waals surface area contributed by atoms with Gasteiger partial charge in [0.05, 0.1) is 5.39 Å². The summed E-state index contributed by atoms with van der Waals surface area (Å²) in [4.78, 5) is 24.4. The number of carbonyl (C=O) groups is 1. The highest BCUT2D eigenvalue weighted by Crippen LogP contribution is 2.36. The number of aromatic nitrogens is 5. The van der Waals surface area contributed by atoms with Gasteiger partial charge >= 0.3 is 0 Å². The molecule has 0 atom stereocenters. The zero-order valence-corrected chi connectivity index (χ0v) is 14.1. The number of hydrogen-bond donors (Lipinski definition) is 3. The lowest BCUT2D eigenvalue weighted by molar-refractivity contribution is 0.0902. The van der Waals surface area contributed by atoms with E-state index in [2.05, 4.69) is 25.7 Å². The number of benzene rings is 1. The molecule has 0 spiro atoms. The predicted octanol–water partition coefficient (Wildman–Crippen LogP) is 0.220. The number of aliphatic hydroxyl groups excluding tert-OH is 1. The van der Waals surface area contributed by atoms with Gasteiger partial charge in [-0.15, -0.1) is 10.2 Å². The summed E-state index contributed by atoms with van der Waals surface area (Å²) in [6.45, 7) is -0.151. The molecule has 1 fully saturated rings. The van der Waals surface area contributed by atoms with Crippen LogP contribution in [-0.2, 0) is 13.7 Å². The number of amides is 1. The second-order valence-electron chi connectivity index (χ2n) is 6.48. The predicted molar refractivity (Wildman–Crippen MR) is 92.5 cm³/mol. The molecular formula is C17H18N6O3. The first-order valence-corrected chi connectivity index (χ1v) is 8.35. The number of aliphatic hydroxyl groups is 1. The maximum Gasteiger partial charge on any atom is 0.272 e. The second kappa shape index (κ2) is 6.34. The van der Waals surface area contributed by atoms with Crippen molar-refractivity contribution in [1.82, 2.24) is 30.3 Å². The molecule has 3 N–H and O–H groups in total. The van der Waals surface area contributed by atoms with E-state index in [1.807, 2.05) is 7.05 Å². The third-order valence-corrected chi connectivity index (χ3v) is 4.89. The first kappa shape index (κ1) is 16.4. The highest BCUT2D eigenvalue weighted by atomic mass is 16.3. The van der Waals surface area contributed by atoms with Crippen LogP contribution in [0.5, 0.6) is 0 Å².